The third-order valence-corrected chi connectivity index (χ3v) is 4.42. The molecule has 84 valence electrons. The highest BCUT2D eigenvalue weighted by atomic mass is 35.5. The van der Waals surface area contributed by atoms with Gasteiger partial charge in [-0.25, -0.2) is 12.7 Å². The molecule has 15 heavy (non-hydrogen) atoms. The number of rotatable bonds is 4. The van der Waals surface area contributed by atoms with Crippen molar-refractivity contribution in [2.24, 2.45) is 0 Å². The van der Waals surface area contributed by atoms with Crippen LogP contribution in [-0.2, 0) is 10.0 Å². The molecule has 1 aromatic rings. The third kappa shape index (κ3) is 2.71. The van der Waals surface area contributed by atoms with Crippen LogP contribution in [0.2, 0.25) is 5.02 Å². The number of hydrogen-bond donors (Lipinski definition) is 0. The molecule has 0 N–H and O–H groups in total. The number of sulfonamides is 1. The van der Waals surface area contributed by atoms with E-state index in [0.717, 1.165) is 6.42 Å². The molecule has 0 atom stereocenters. The van der Waals surface area contributed by atoms with Crippen LogP contribution in [-0.4, -0.2) is 26.3 Å². The SMILES string of the molecule is CCCN(C)S(=O)(=O)c1ccccc1Cl. The molecule has 0 saturated heterocycles. The van der Waals surface area contributed by atoms with Crippen LogP contribution in [0.4, 0.5) is 0 Å². The second-order valence-electron chi connectivity index (χ2n) is 3.26. The monoisotopic (exact) mass is 247 g/mol. The Labute approximate surface area is 95.7 Å². The summed E-state index contributed by atoms with van der Waals surface area (Å²) in [5.41, 5.74) is 0. The van der Waals surface area contributed by atoms with Crippen LogP contribution in [0.15, 0.2) is 29.2 Å². The highest BCUT2D eigenvalue weighted by molar-refractivity contribution is 7.89. The molecular formula is C10H14ClNO2S. The standard InChI is InChI=1S/C10H14ClNO2S/c1-3-8-12(2)15(13,14)10-7-5-4-6-9(10)11/h4-7H,3,8H2,1-2H3. The molecule has 1 aromatic carbocycles. The number of benzene rings is 1. The Morgan fingerprint density at radius 3 is 2.47 bits per heavy atom. The predicted octanol–water partition coefficient (Wildman–Crippen LogP) is 2.37. The van der Waals surface area contributed by atoms with Crippen molar-refractivity contribution in [1.82, 2.24) is 4.31 Å². The maximum absolute atomic E-state index is 12.0. The van der Waals surface area contributed by atoms with Crippen LogP contribution < -0.4 is 0 Å². The van der Waals surface area contributed by atoms with Gasteiger partial charge < -0.3 is 0 Å². The van der Waals surface area contributed by atoms with Gasteiger partial charge in [0.25, 0.3) is 0 Å². The molecule has 0 saturated carbocycles. The second-order valence-corrected chi connectivity index (χ2v) is 5.68. The molecule has 0 amide bonds. The van der Waals surface area contributed by atoms with Crippen LogP contribution in [0, 0.1) is 0 Å². The van der Waals surface area contributed by atoms with Crippen molar-refractivity contribution >= 4 is 21.6 Å². The van der Waals surface area contributed by atoms with E-state index < -0.39 is 10.0 Å². The zero-order valence-electron chi connectivity index (χ0n) is 8.77. The molecule has 0 aliphatic rings. The first-order valence-corrected chi connectivity index (χ1v) is 6.52. The Morgan fingerprint density at radius 1 is 1.33 bits per heavy atom. The van der Waals surface area contributed by atoms with E-state index in [4.69, 9.17) is 11.6 Å². The molecule has 0 unspecified atom stereocenters. The second kappa shape index (κ2) is 4.96. The van der Waals surface area contributed by atoms with Crippen LogP contribution in [0.5, 0.6) is 0 Å². The van der Waals surface area contributed by atoms with E-state index in [1.807, 2.05) is 6.92 Å². The van der Waals surface area contributed by atoms with Crippen molar-refractivity contribution in [3.8, 4) is 0 Å². The summed E-state index contributed by atoms with van der Waals surface area (Å²) in [4.78, 5) is 0.169. The van der Waals surface area contributed by atoms with Crippen LogP contribution >= 0.6 is 11.6 Å². The summed E-state index contributed by atoms with van der Waals surface area (Å²) in [6.45, 7) is 2.42. The molecule has 0 spiro atoms. The van der Waals surface area contributed by atoms with Gasteiger partial charge in [-0.1, -0.05) is 30.7 Å². The Balaban J connectivity index is 3.12. The average molecular weight is 248 g/mol. The summed E-state index contributed by atoms with van der Waals surface area (Å²) < 4.78 is 25.3. The molecule has 0 fully saturated rings. The summed E-state index contributed by atoms with van der Waals surface area (Å²) in [6.07, 6.45) is 0.778. The molecular weight excluding hydrogens is 234 g/mol. The van der Waals surface area contributed by atoms with Crippen molar-refractivity contribution in [1.29, 1.82) is 0 Å². The average Bonchev–Trinajstić information content (AvgIpc) is 2.18. The van der Waals surface area contributed by atoms with Crippen molar-refractivity contribution in [2.45, 2.75) is 18.2 Å². The fourth-order valence-electron chi connectivity index (χ4n) is 1.26. The quantitative estimate of drug-likeness (QED) is 0.819. The van der Waals surface area contributed by atoms with Gasteiger partial charge in [0.1, 0.15) is 4.90 Å². The van der Waals surface area contributed by atoms with E-state index in [1.165, 1.54) is 10.4 Å². The lowest BCUT2D eigenvalue weighted by molar-refractivity contribution is 0.468. The zero-order valence-corrected chi connectivity index (χ0v) is 10.3. The van der Waals surface area contributed by atoms with Gasteiger partial charge in [-0.15, -0.1) is 0 Å². The lowest BCUT2D eigenvalue weighted by Crippen LogP contribution is -2.27. The molecule has 5 heteroatoms. The summed E-state index contributed by atoms with van der Waals surface area (Å²) in [6, 6.07) is 6.47. The van der Waals surface area contributed by atoms with E-state index >= 15 is 0 Å². The summed E-state index contributed by atoms with van der Waals surface area (Å²) in [5, 5.41) is 0.264. The lowest BCUT2D eigenvalue weighted by Gasteiger charge is -2.16. The van der Waals surface area contributed by atoms with Gasteiger partial charge in [0.2, 0.25) is 10.0 Å². The van der Waals surface area contributed by atoms with Crippen LogP contribution in [0.3, 0.4) is 0 Å². The Morgan fingerprint density at radius 2 is 1.93 bits per heavy atom. The predicted molar refractivity (Wildman–Crippen MR) is 61.6 cm³/mol. The van der Waals surface area contributed by atoms with Gasteiger partial charge >= 0.3 is 0 Å². The summed E-state index contributed by atoms with van der Waals surface area (Å²) in [5.74, 6) is 0. The van der Waals surface area contributed by atoms with Crippen molar-refractivity contribution < 1.29 is 8.42 Å². The molecule has 0 radical (unpaired) electrons. The first-order chi connectivity index (χ1) is 7.00. The molecule has 0 bridgehead atoms. The molecule has 0 aromatic heterocycles. The van der Waals surface area contributed by atoms with Crippen molar-refractivity contribution in [2.75, 3.05) is 13.6 Å². The van der Waals surface area contributed by atoms with Crippen LogP contribution in [0.1, 0.15) is 13.3 Å². The van der Waals surface area contributed by atoms with E-state index in [0.29, 0.717) is 6.54 Å². The van der Waals surface area contributed by atoms with E-state index in [2.05, 4.69) is 0 Å². The molecule has 0 heterocycles. The fourth-order valence-corrected chi connectivity index (χ4v) is 3.01. The van der Waals surface area contributed by atoms with Crippen LogP contribution in [0.25, 0.3) is 0 Å². The highest BCUT2D eigenvalue weighted by Gasteiger charge is 2.21. The minimum absolute atomic E-state index is 0.169. The van der Waals surface area contributed by atoms with Gasteiger partial charge in [-0.05, 0) is 18.6 Å². The molecule has 1 rings (SSSR count). The molecule has 0 aliphatic heterocycles. The molecule has 0 aliphatic carbocycles. The van der Waals surface area contributed by atoms with Crippen molar-refractivity contribution in [3.05, 3.63) is 29.3 Å². The Bertz CT molecular complexity index is 431. The fraction of sp³-hybridized carbons (Fsp3) is 0.400. The minimum atomic E-state index is -3.43. The lowest BCUT2D eigenvalue weighted by atomic mass is 10.4. The highest BCUT2D eigenvalue weighted by Crippen LogP contribution is 2.23. The van der Waals surface area contributed by atoms with Crippen molar-refractivity contribution in [3.63, 3.8) is 0 Å². The largest absolute Gasteiger partial charge is 0.244 e. The summed E-state index contributed by atoms with van der Waals surface area (Å²) in [7, 11) is -1.87. The minimum Gasteiger partial charge on any atom is -0.207 e. The van der Waals surface area contributed by atoms with Gasteiger partial charge in [0.05, 0.1) is 5.02 Å². The normalized spacial score (nSPS) is 12.0. The smallest absolute Gasteiger partial charge is 0.207 e. The maximum atomic E-state index is 12.0. The molecule has 3 nitrogen and oxygen atoms in total. The number of halogens is 1. The topological polar surface area (TPSA) is 37.4 Å². The zero-order chi connectivity index (χ0) is 11.5. The van der Waals surface area contributed by atoms with Gasteiger partial charge in [-0.2, -0.15) is 0 Å². The third-order valence-electron chi connectivity index (χ3n) is 2.06. The van der Waals surface area contributed by atoms with Gasteiger partial charge in [0, 0.05) is 13.6 Å². The van der Waals surface area contributed by atoms with Gasteiger partial charge in [0.15, 0.2) is 0 Å². The van der Waals surface area contributed by atoms with Gasteiger partial charge in [-0.3, -0.25) is 0 Å². The number of nitrogens with zero attached hydrogens (tertiary/aromatic N) is 1. The van der Waals surface area contributed by atoms with E-state index in [1.54, 1.807) is 25.2 Å². The first-order valence-electron chi connectivity index (χ1n) is 4.71. The maximum Gasteiger partial charge on any atom is 0.244 e. The Kier molecular flexibility index (Phi) is 4.13. The first kappa shape index (κ1) is 12.5. The van der Waals surface area contributed by atoms with E-state index in [9.17, 15) is 8.42 Å². The summed E-state index contributed by atoms with van der Waals surface area (Å²) >= 11 is 5.85. The van der Waals surface area contributed by atoms with E-state index in [-0.39, 0.29) is 9.92 Å². The Hall–Kier alpha value is -0.580. The number of hydrogen-bond acceptors (Lipinski definition) is 2.